The Balaban J connectivity index is 1.58. The first kappa shape index (κ1) is 20.0. The maximum atomic E-state index is 13.0. The van der Waals surface area contributed by atoms with Crippen molar-refractivity contribution in [2.45, 2.75) is 39.7 Å². The van der Waals surface area contributed by atoms with Gasteiger partial charge in [-0.2, -0.15) is 9.61 Å². The first-order chi connectivity index (χ1) is 14.4. The molecule has 7 nitrogen and oxygen atoms in total. The molecule has 0 fully saturated rings. The van der Waals surface area contributed by atoms with E-state index in [0.717, 1.165) is 39.0 Å². The number of aryl methyl sites for hydroxylation is 2. The van der Waals surface area contributed by atoms with Gasteiger partial charge in [0, 0.05) is 17.7 Å². The maximum Gasteiger partial charge on any atom is 0.267 e. The van der Waals surface area contributed by atoms with E-state index in [4.69, 9.17) is 4.74 Å². The molecule has 4 aromatic rings. The third kappa shape index (κ3) is 3.91. The molecule has 0 spiro atoms. The van der Waals surface area contributed by atoms with Gasteiger partial charge in [0.05, 0.1) is 0 Å². The number of ether oxygens (including phenoxy) is 1. The second-order valence-electron chi connectivity index (χ2n) is 7.48. The van der Waals surface area contributed by atoms with Crippen molar-refractivity contribution in [2.75, 3.05) is 5.32 Å². The summed E-state index contributed by atoms with van der Waals surface area (Å²) < 4.78 is 7.68. The number of rotatable bonds is 6. The zero-order chi connectivity index (χ0) is 21.3. The highest BCUT2D eigenvalue weighted by atomic mass is 32.1. The molecule has 0 radical (unpaired) electrons. The zero-order valence-corrected chi connectivity index (χ0v) is 18.2. The van der Waals surface area contributed by atoms with Crippen molar-refractivity contribution in [2.24, 2.45) is 0 Å². The van der Waals surface area contributed by atoms with E-state index in [9.17, 15) is 4.79 Å². The topological polar surface area (TPSA) is 81.4 Å². The van der Waals surface area contributed by atoms with Crippen molar-refractivity contribution in [3.8, 4) is 16.3 Å². The first-order valence-corrected chi connectivity index (χ1v) is 10.6. The number of nitrogens with one attached hydrogen (secondary N) is 1. The highest BCUT2D eigenvalue weighted by Crippen LogP contribution is 2.30. The average molecular weight is 422 g/mol. The Bertz CT molecular complexity index is 1200. The van der Waals surface area contributed by atoms with E-state index in [1.807, 2.05) is 62.4 Å². The fourth-order valence-corrected chi connectivity index (χ4v) is 3.84. The smallest absolute Gasteiger partial charge is 0.267 e. The molecule has 154 valence electrons. The molecule has 0 bridgehead atoms. The van der Waals surface area contributed by atoms with Crippen LogP contribution in [0.3, 0.4) is 0 Å². The monoisotopic (exact) mass is 421 g/mol. The van der Waals surface area contributed by atoms with E-state index in [0.29, 0.717) is 5.75 Å². The molecule has 1 amide bonds. The summed E-state index contributed by atoms with van der Waals surface area (Å²) in [6.45, 7) is 7.49. The fourth-order valence-electron chi connectivity index (χ4n) is 2.99. The second-order valence-corrected chi connectivity index (χ2v) is 8.44. The Morgan fingerprint density at radius 3 is 2.67 bits per heavy atom. The van der Waals surface area contributed by atoms with Gasteiger partial charge < -0.3 is 10.1 Å². The third-order valence-electron chi connectivity index (χ3n) is 4.77. The van der Waals surface area contributed by atoms with E-state index < -0.39 is 5.60 Å². The molecule has 0 saturated carbocycles. The van der Waals surface area contributed by atoms with Gasteiger partial charge in [-0.25, -0.2) is 0 Å². The van der Waals surface area contributed by atoms with Crippen molar-refractivity contribution >= 4 is 27.9 Å². The van der Waals surface area contributed by atoms with Crippen LogP contribution in [0, 0.1) is 6.92 Å². The van der Waals surface area contributed by atoms with Crippen molar-refractivity contribution in [3.63, 3.8) is 0 Å². The van der Waals surface area contributed by atoms with E-state index >= 15 is 0 Å². The number of hydrogen-bond donors (Lipinski definition) is 1. The second kappa shape index (κ2) is 7.87. The van der Waals surface area contributed by atoms with E-state index in [2.05, 4.69) is 20.6 Å². The Hall–Kier alpha value is -3.26. The van der Waals surface area contributed by atoms with Crippen molar-refractivity contribution in [1.29, 1.82) is 0 Å². The summed E-state index contributed by atoms with van der Waals surface area (Å²) in [5, 5.41) is 16.8. The molecule has 0 unspecified atom stereocenters. The molecule has 0 saturated heterocycles. The molecule has 2 aromatic heterocycles. The summed E-state index contributed by atoms with van der Waals surface area (Å²) in [6.07, 6.45) is 0.760. The fraction of sp³-hybridized carbons (Fsp3) is 0.273. The quantitative estimate of drug-likeness (QED) is 0.495. The molecular formula is C22H23N5O2S. The number of aromatic nitrogens is 4. The van der Waals surface area contributed by atoms with Gasteiger partial charge in [0.15, 0.2) is 11.4 Å². The third-order valence-corrected chi connectivity index (χ3v) is 5.72. The van der Waals surface area contributed by atoms with Gasteiger partial charge in [0.25, 0.3) is 5.91 Å². The van der Waals surface area contributed by atoms with Crippen molar-refractivity contribution in [1.82, 2.24) is 19.8 Å². The Morgan fingerprint density at radius 1 is 1.17 bits per heavy atom. The Morgan fingerprint density at radius 2 is 1.93 bits per heavy atom. The lowest BCUT2D eigenvalue weighted by Gasteiger charge is -2.25. The summed E-state index contributed by atoms with van der Waals surface area (Å²) >= 11 is 1.47. The van der Waals surface area contributed by atoms with Gasteiger partial charge >= 0.3 is 0 Å². The minimum absolute atomic E-state index is 0.224. The van der Waals surface area contributed by atoms with Crippen LogP contribution in [0.15, 0.2) is 48.5 Å². The minimum Gasteiger partial charge on any atom is -0.478 e. The van der Waals surface area contributed by atoms with Gasteiger partial charge in [0.2, 0.25) is 4.96 Å². The standard InChI is InChI=1S/C22H23N5O2S/c1-5-18-24-25-21-27(18)26-19(30-21)15-12-11-14(2)17(13-15)23-20(28)22(3,4)29-16-9-7-6-8-10-16/h6-13H,5H2,1-4H3,(H,23,28). The van der Waals surface area contributed by atoms with Crippen LogP contribution < -0.4 is 10.1 Å². The molecule has 8 heteroatoms. The highest BCUT2D eigenvalue weighted by Gasteiger charge is 2.30. The lowest BCUT2D eigenvalue weighted by molar-refractivity contribution is -0.128. The molecule has 0 aliphatic heterocycles. The number of fused-ring (bicyclic) bond motifs is 1. The van der Waals surface area contributed by atoms with E-state index in [-0.39, 0.29) is 5.91 Å². The minimum atomic E-state index is -1.03. The molecule has 30 heavy (non-hydrogen) atoms. The molecule has 1 N–H and O–H groups in total. The number of nitrogens with zero attached hydrogens (tertiary/aromatic N) is 4. The first-order valence-electron chi connectivity index (χ1n) is 9.75. The summed E-state index contributed by atoms with van der Waals surface area (Å²) in [4.78, 5) is 13.7. The van der Waals surface area contributed by atoms with Crippen LogP contribution >= 0.6 is 11.3 Å². The van der Waals surface area contributed by atoms with Crippen LogP contribution in [-0.4, -0.2) is 31.3 Å². The Kier molecular flexibility index (Phi) is 5.26. The summed E-state index contributed by atoms with van der Waals surface area (Å²) in [6, 6.07) is 15.2. The van der Waals surface area contributed by atoms with Gasteiger partial charge in [-0.1, -0.05) is 48.6 Å². The van der Waals surface area contributed by atoms with Crippen LogP contribution in [0.1, 0.15) is 32.2 Å². The summed E-state index contributed by atoms with van der Waals surface area (Å²) in [7, 11) is 0. The van der Waals surface area contributed by atoms with Crippen LogP contribution in [0.4, 0.5) is 5.69 Å². The van der Waals surface area contributed by atoms with Gasteiger partial charge in [-0.05, 0) is 44.5 Å². The lowest BCUT2D eigenvalue weighted by atomic mass is 10.1. The zero-order valence-electron chi connectivity index (χ0n) is 17.3. The molecule has 2 aromatic carbocycles. The average Bonchev–Trinajstić information content (AvgIpc) is 3.30. The normalized spacial score (nSPS) is 11.6. The van der Waals surface area contributed by atoms with Crippen LogP contribution in [0.25, 0.3) is 15.5 Å². The predicted molar refractivity (Wildman–Crippen MR) is 118 cm³/mol. The number of para-hydroxylation sites is 1. The molecule has 0 aliphatic rings. The van der Waals surface area contributed by atoms with Gasteiger partial charge in [-0.15, -0.1) is 10.2 Å². The molecular weight excluding hydrogens is 398 g/mol. The highest BCUT2D eigenvalue weighted by molar-refractivity contribution is 7.19. The van der Waals surface area contributed by atoms with Crippen LogP contribution in [0.5, 0.6) is 5.75 Å². The van der Waals surface area contributed by atoms with Crippen molar-refractivity contribution < 1.29 is 9.53 Å². The lowest BCUT2D eigenvalue weighted by Crippen LogP contribution is -2.42. The van der Waals surface area contributed by atoms with Gasteiger partial charge in [0.1, 0.15) is 10.8 Å². The molecule has 4 rings (SSSR count). The predicted octanol–water partition coefficient (Wildman–Crippen LogP) is 4.52. The molecule has 2 heterocycles. The van der Waals surface area contributed by atoms with Crippen LogP contribution in [0.2, 0.25) is 0 Å². The number of carbonyl (C=O) groups is 1. The van der Waals surface area contributed by atoms with Crippen molar-refractivity contribution in [3.05, 3.63) is 59.9 Å². The SMILES string of the molecule is CCc1nnc2sc(-c3ccc(C)c(NC(=O)C(C)(C)Oc4ccccc4)c3)nn12. The maximum absolute atomic E-state index is 13.0. The van der Waals surface area contributed by atoms with E-state index in [1.54, 1.807) is 18.4 Å². The Labute approximate surface area is 178 Å². The number of anilines is 1. The number of amides is 1. The van der Waals surface area contributed by atoms with Crippen LogP contribution in [-0.2, 0) is 11.2 Å². The van der Waals surface area contributed by atoms with E-state index in [1.165, 1.54) is 11.3 Å². The summed E-state index contributed by atoms with van der Waals surface area (Å²) in [5.74, 6) is 1.25. The molecule has 0 aliphatic carbocycles. The largest absolute Gasteiger partial charge is 0.478 e. The summed E-state index contributed by atoms with van der Waals surface area (Å²) in [5.41, 5.74) is 1.56. The van der Waals surface area contributed by atoms with Gasteiger partial charge in [-0.3, -0.25) is 4.79 Å². The number of carbonyl (C=O) groups excluding carboxylic acids is 1. The number of benzene rings is 2. The number of hydrogen-bond acceptors (Lipinski definition) is 6. The molecule has 0 atom stereocenters.